The number of nitrogens with zero attached hydrogens (tertiary/aromatic N) is 4. The summed E-state index contributed by atoms with van der Waals surface area (Å²) >= 11 is 6.02. The summed E-state index contributed by atoms with van der Waals surface area (Å²) in [5.74, 6) is 0. The molecule has 7 nitrogen and oxygen atoms in total. The monoisotopic (exact) mass is 478 g/mol. The maximum absolute atomic E-state index is 13.3. The fraction of sp³-hybridized carbons (Fsp3) is 0.348. The van der Waals surface area contributed by atoms with Crippen LogP contribution in [0, 0.1) is 0 Å². The van der Waals surface area contributed by atoms with Crippen molar-refractivity contribution in [3.63, 3.8) is 0 Å². The summed E-state index contributed by atoms with van der Waals surface area (Å²) in [5.41, 5.74) is 0.493. The SMILES string of the molecule is CC(c1ccccc1)N(OCC=Cc1nc(Cl)cc2cnn(C(F)F)c12)C(=O)OC(C)(C)C. The first-order valence-corrected chi connectivity index (χ1v) is 10.6. The fourth-order valence-corrected chi connectivity index (χ4v) is 3.33. The third-order valence-electron chi connectivity index (χ3n) is 4.55. The van der Waals surface area contributed by atoms with E-state index < -0.39 is 24.3 Å². The number of alkyl halides is 2. The molecule has 0 radical (unpaired) electrons. The summed E-state index contributed by atoms with van der Waals surface area (Å²) in [6.07, 6.45) is 3.70. The summed E-state index contributed by atoms with van der Waals surface area (Å²) in [7, 11) is 0. The topological polar surface area (TPSA) is 69.5 Å². The van der Waals surface area contributed by atoms with Crippen LogP contribution >= 0.6 is 11.6 Å². The van der Waals surface area contributed by atoms with Gasteiger partial charge in [-0.3, -0.25) is 4.84 Å². The van der Waals surface area contributed by atoms with Crippen LogP contribution in [-0.2, 0) is 9.57 Å². The lowest BCUT2D eigenvalue weighted by molar-refractivity contribution is -0.160. The minimum atomic E-state index is -2.83. The molecule has 176 valence electrons. The molecule has 0 aliphatic carbocycles. The Balaban J connectivity index is 1.81. The van der Waals surface area contributed by atoms with Crippen molar-refractivity contribution >= 4 is 34.7 Å². The molecular formula is C23H25ClF2N4O3. The maximum Gasteiger partial charge on any atom is 0.435 e. The number of benzene rings is 1. The van der Waals surface area contributed by atoms with Crippen LogP contribution in [0.5, 0.6) is 0 Å². The Morgan fingerprint density at radius 2 is 1.97 bits per heavy atom. The van der Waals surface area contributed by atoms with E-state index in [0.717, 1.165) is 10.6 Å². The predicted octanol–water partition coefficient (Wildman–Crippen LogP) is 6.42. The van der Waals surface area contributed by atoms with Gasteiger partial charge in [0.1, 0.15) is 16.3 Å². The van der Waals surface area contributed by atoms with Crippen LogP contribution in [0.15, 0.2) is 48.7 Å². The van der Waals surface area contributed by atoms with Crippen LogP contribution in [-0.4, -0.2) is 38.1 Å². The summed E-state index contributed by atoms with van der Waals surface area (Å²) in [6, 6.07) is 10.4. The number of fused-ring (bicyclic) bond motifs is 1. The van der Waals surface area contributed by atoms with Gasteiger partial charge >= 0.3 is 12.6 Å². The average molecular weight is 479 g/mol. The molecule has 2 heterocycles. The average Bonchev–Trinajstić information content (AvgIpc) is 3.16. The fourth-order valence-electron chi connectivity index (χ4n) is 3.12. The number of hydroxylamine groups is 2. The van der Waals surface area contributed by atoms with Crippen molar-refractivity contribution in [2.75, 3.05) is 6.61 Å². The number of amides is 1. The number of hydrogen-bond donors (Lipinski definition) is 0. The van der Waals surface area contributed by atoms with Crippen LogP contribution in [0.1, 0.15) is 51.5 Å². The van der Waals surface area contributed by atoms with E-state index in [1.165, 1.54) is 18.3 Å². The Bertz CT molecular complexity index is 1130. The summed E-state index contributed by atoms with van der Waals surface area (Å²) in [5, 5.41) is 5.43. The van der Waals surface area contributed by atoms with Crippen molar-refractivity contribution in [1.29, 1.82) is 0 Å². The zero-order valence-electron chi connectivity index (χ0n) is 18.7. The Labute approximate surface area is 195 Å². The molecule has 10 heteroatoms. The van der Waals surface area contributed by atoms with Crippen molar-refractivity contribution in [3.8, 4) is 0 Å². The van der Waals surface area contributed by atoms with Crippen molar-refractivity contribution < 1.29 is 23.1 Å². The smallest absolute Gasteiger partial charge is 0.435 e. The second-order valence-corrected chi connectivity index (χ2v) is 8.61. The van der Waals surface area contributed by atoms with E-state index in [9.17, 15) is 13.6 Å². The highest BCUT2D eigenvalue weighted by Crippen LogP contribution is 2.26. The van der Waals surface area contributed by atoms with Gasteiger partial charge in [-0.15, -0.1) is 0 Å². The lowest BCUT2D eigenvalue weighted by Gasteiger charge is -2.30. The summed E-state index contributed by atoms with van der Waals surface area (Å²) < 4.78 is 32.7. The van der Waals surface area contributed by atoms with Gasteiger partial charge in [-0.05, 0) is 45.4 Å². The molecule has 1 atom stereocenters. The van der Waals surface area contributed by atoms with Crippen molar-refractivity contribution in [2.45, 2.75) is 45.9 Å². The van der Waals surface area contributed by atoms with Gasteiger partial charge in [-0.1, -0.05) is 48.0 Å². The van der Waals surface area contributed by atoms with E-state index in [-0.39, 0.29) is 23.0 Å². The Kier molecular flexibility index (Phi) is 7.65. The van der Waals surface area contributed by atoms with E-state index in [1.807, 2.05) is 37.3 Å². The molecule has 3 rings (SSSR count). The van der Waals surface area contributed by atoms with Gasteiger partial charge in [-0.2, -0.15) is 18.9 Å². The Morgan fingerprint density at radius 1 is 1.27 bits per heavy atom. The van der Waals surface area contributed by atoms with E-state index in [2.05, 4.69) is 10.1 Å². The zero-order chi connectivity index (χ0) is 24.2. The molecule has 3 aromatic rings. The Hall–Kier alpha value is -3.04. The predicted molar refractivity (Wildman–Crippen MR) is 122 cm³/mol. The Morgan fingerprint density at radius 3 is 2.61 bits per heavy atom. The zero-order valence-corrected chi connectivity index (χ0v) is 19.5. The minimum absolute atomic E-state index is 0.0467. The minimum Gasteiger partial charge on any atom is -0.442 e. The normalized spacial score (nSPS) is 13.1. The van der Waals surface area contributed by atoms with E-state index in [0.29, 0.717) is 10.1 Å². The number of aromatic nitrogens is 3. The molecule has 0 fully saturated rings. The summed E-state index contributed by atoms with van der Waals surface area (Å²) in [4.78, 5) is 22.6. The maximum atomic E-state index is 13.3. The molecule has 1 amide bonds. The number of carbonyl (C=O) groups is 1. The van der Waals surface area contributed by atoms with Crippen LogP contribution in [0.25, 0.3) is 17.0 Å². The van der Waals surface area contributed by atoms with Gasteiger partial charge < -0.3 is 4.74 Å². The first kappa shape index (κ1) is 24.6. The molecule has 1 unspecified atom stereocenters. The van der Waals surface area contributed by atoms with Crippen molar-refractivity contribution in [3.05, 3.63) is 65.1 Å². The summed E-state index contributed by atoms with van der Waals surface area (Å²) in [6.45, 7) is 4.22. The number of halogens is 3. The number of carbonyl (C=O) groups excluding carboxylic acids is 1. The second kappa shape index (κ2) is 10.3. The van der Waals surface area contributed by atoms with Gasteiger partial charge in [-0.25, -0.2) is 14.5 Å². The van der Waals surface area contributed by atoms with Crippen LogP contribution in [0.2, 0.25) is 5.15 Å². The molecule has 2 aromatic heterocycles. The van der Waals surface area contributed by atoms with Gasteiger partial charge in [0.25, 0.3) is 0 Å². The molecular weight excluding hydrogens is 454 g/mol. The van der Waals surface area contributed by atoms with Crippen molar-refractivity contribution in [1.82, 2.24) is 19.8 Å². The van der Waals surface area contributed by atoms with Crippen LogP contribution < -0.4 is 0 Å². The molecule has 33 heavy (non-hydrogen) atoms. The second-order valence-electron chi connectivity index (χ2n) is 8.23. The lowest BCUT2D eigenvalue weighted by atomic mass is 10.1. The third-order valence-corrected chi connectivity index (χ3v) is 4.74. The number of hydrogen-bond acceptors (Lipinski definition) is 5. The number of rotatable bonds is 7. The molecule has 0 N–H and O–H groups in total. The van der Waals surface area contributed by atoms with E-state index >= 15 is 0 Å². The third kappa shape index (κ3) is 6.27. The highest BCUT2D eigenvalue weighted by Gasteiger charge is 2.28. The highest BCUT2D eigenvalue weighted by molar-refractivity contribution is 6.30. The molecule has 0 spiro atoms. The molecule has 0 bridgehead atoms. The van der Waals surface area contributed by atoms with E-state index in [4.69, 9.17) is 21.2 Å². The molecule has 0 aliphatic rings. The van der Waals surface area contributed by atoms with Crippen LogP contribution in [0.3, 0.4) is 0 Å². The van der Waals surface area contributed by atoms with Gasteiger partial charge in [0.15, 0.2) is 0 Å². The van der Waals surface area contributed by atoms with Crippen LogP contribution in [0.4, 0.5) is 13.6 Å². The molecule has 1 aromatic carbocycles. The van der Waals surface area contributed by atoms with E-state index in [1.54, 1.807) is 26.8 Å². The molecule has 0 saturated carbocycles. The highest BCUT2D eigenvalue weighted by atomic mass is 35.5. The van der Waals surface area contributed by atoms with Gasteiger partial charge in [0.05, 0.1) is 24.5 Å². The van der Waals surface area contributed by atoms with Gasteiger partial charge in [0.2, 0.25) is 0 Å². The lowest BCUT2D eigenvalue weighted by Crippen LogP contribution is -2.38. The molecule has 0 aliphatic heterocycles. The molecule has 0 saturated heterocycles. The van der Waals surface area contributed by atoms with Gasteiger partial charge in [0, 0.05) is 5.39 Å². The standard InChI is InChI=1S/C23H25ClF2N4O3/c1-15(16-9-6-5-7-10-16)30(22(31)33-23(2,3)4)32-12-8-11-18-20-17(13-19(24)28-18)14-27-29(20)21(25)26/h5-11,13-15,21H,12H2,1-4H3. The number of pyridine rings is 1. The number of ether oxygens (including phenoxy) is 1. The quantitative estimate of drug-likeness (QED) is 0.289. The largest absolute Gasteiger partial charge is 0.442 e. The first-order valence-electron chi connectivity index (χ1n) is 10.3. The first-order chi connectivity index (χ1) is 15.6. The van der Waals surface area contributed by atoms with Crippen molar-refractivity contribution in [2.24, 2.45) is 0 Å².